The largest absolute Gasteiger partial charge is 0.502 e. The van der Waals surface area contributed by atoms with Crippen LogP contribution in [0.1, 0.15) is 23.2 Å². The van der Waals surface area contributed by atoms with Gasteiger partial charge in [-0.15, -0.1) is 0 Å². The first-order valence-electron chi connectivity index (χ1n) is 5.94. The maximum atomic E-state index is 11.9. The van der Waals surface area contributed by atoms with Crippen LogP contribution in [0.15, 0.2) is 18.2 Å². The van der Waals surface area contributed by atoms with Crippen LogP contribution < -0.4 is 5.32 Å². The van der Waals surface area contributed by atoms with E-state index >= 15 is 0 Å². The Morgan fingerprint density at radius 2 is 2.32 bits per heavy atom. The molecular formula is C12H14N2O4S. The number of carbonyl (C=O) groups is 1. The van der Waals surface area contributed by atoms with E-state index in [1.165, 1.54) is 6.07 Å². The lowest BCUT2D eigenvalue weighted by atomic mass is 10.1. The fraction of sp³-hybridized carbons (Fsp3) is 0.417. The van der Waals surface area contributed by atoms with E-state index in [1.807, 2.05) is 0 Å². The van der Waals surface area contributed by atoms with Gasteiger partial charge in [0, 0.05) is 23.4 Å². The van der Waals surface area contributed by atoms with Gasteiger partial charge in [0.05, 0.1) is 4.92 Å². The van der Waals surface area contributed by atoms with Gasteiger partial charge in [-0.05, 0) is 30.7 Å². The van der Waals surface area contributed by atoms with Crippen molar-refractivity contribution in [2.45, 2.75) is 18.9 Å². The second-order valence-corrected chi connectivity index (χ2v) is 5.50. The van der Waals surface area contributed by atoms with Gasteiger partial charge in [0.15, 0.2) is 5.75 Å². The van der Waals surface area contributed by atoms with Gasteiger partial charge in [-0.1, -0.05) is 0 Å². The lowest BCUT2D eigenvalue weighted by molar-refractivity contribution is -0.385. The number of nitrogens with one attached hydrogen (secondary N) is 1. The molecule has 0 aliphatic carbocycles. The number of rotatable bonds is 3. The van der Waals surface area contributed by atoms with Gasteiger partial charge >= 0.3 is 5.69 Å². The van der Waals surface area contributed by atoms with Crippen LogP contribution in [0, 0.1) is 10.1 Å². The minimum atomic E-state index is -0.686. The Morgan fingerprint density at radius 1 is 1.53 bits per heavy atom. The first kappa shape index (κ1) is 13.7. The van der Waals surface area contributed by atoms with Crippen LogP contribution in [-0.2, 0) is 0 Å². The zero-order valence-electron chi connectivity index (χ0n) is 10.2. The number of hydrogen-bond acceptors (Lipinski definition) is 5. The molecule has 1 aliphatic heterocycles. The maximum absolute atomic E-state index is 11.9. The molecule has 19 heavy (non-hydrogen) atoms. The molecule has 1 atom stereocenters. The van der Waals surface area contributed by atoms with Crippen LogP contribution >= 0.6 is 11.8 Å². The second-order valence-electron chi connectivity index (χ2n) is 4.35. The molecule has 2 rings (SSSR count). The summed E-state index contributed by atoms with van der Waals surface area (Å²) in [6, 6.07) is 3.75. The first-order valence-corrected chi connectivity index (χ1v) is 7.09. The number of aromatic hydroxyl groups is 1. The van der Waals surface area contributed by atoms with Crippen LogP contribution in [0.4, 0.5) is 5.69 Å². The van der Waals surface area contributed by atoms with E-state index in [2.05, 4.69) is 5.32 Å². The molecule has 7 heteroatoms. The monoisotopic (exact) mass is 282 g/mol. The summed E-state index contributed by atoms with van der Waals surface area (Å²) in [5.74, 6) is 1.20. The Bertz CT molecular complexity index is 501. The number of nitro groups is 1. The van der Waals surface area contributed by atoms with Gasteiger partial charge in [-0.25, -0.2) is 0 Å². The molecule has 1 unspecified atom stereocenters. The SMILES string of the molecule is O=C(NC1CCCSC1)c1ccc([N+](=O)[O-])c(O)c1. The number of phenols is 1. The summed E-state index contributed by atoms with van der Waals surface area (Å²) in [4.78, 5) is 21.8. The molecule has 1 aromatic carbocycles. The molecule has 0 spiro atoms. The van der Waals surface area contributed by atoms with E-state index in [0.717, 1.165) is 36.5 Å². The molecule has 1 fully saturated rings. The third-order valence-electron chi connectivity index (χ3n) is 2.93. The van der Waals surface area contributed by atoms with E-state index in [9.17, 15) is 20.0 Å². The van der Waals surface area contributed by atoms with Gasteiger partial charge in [0.25, 0.3) is 5.91 Å². The highest BCUT2D eigenvalue weighted by Crippen LogP contribution is 2.26. The predicted molar refractivity (Wildman–Crippen MR) is 72.6 cm³/mol. The Hall–Kier alpha value is -1.76. The zero-order valence-corrected chi connectivity index (χ0v) is 11.0. The molecule has 1 aliphatic rings. The molecule has 0 aromatic heterocycles. The van der Waals surface area contributed by atoms with Gasteiger partial charge in [-0.2, -0.15) is 11.8 Å². The third kappa shape index (κ3) is 3.37. The molecule has 1 heterocycles. The van der Waals surface area contributed by atoms with E-state index in [4.69, 9.17) is 0 Å². The van der Waals surface area contributed by atoms with Gasteiger partial charge in [-0.3, -0.25) is 14.9 Å². The number of thioether (sulfide) groups is 1. The highest BCUT2D eigenvalue weighted by Gasteiger charge is 2.19. The average Bonchev–Trinajstić information content (AvgIpc) is 2.39. The van der Waals surface area contributed by atoms with Crippen LogP contribution in [0.5, 0.6) is 5.75 Å². The topological polar surface area (TPSA) is 92.5 Å². The molecule has 6 nitrogen and oxygen atoms in total. The average molecular weight is 282 g/mol. The van der Waals surface area contributed by atoms with E-state index in [1.54, 1.807) is 11.8 Å². The van der Waals surface area contributed by atoms with Crippen LogP contribution in [0.2, 0.25) is 0 Å². The molecule has 0 bridgehead atoms. The standard InChI is InChI=1S/C12H14N2O4S/c15-11-6-8(3-4-10(11)14(17)18)12(16)13-9-2-1-5-19-7-9/h3-4,6,9,15H,1-2,5,7H2,(H,13,16). The smallest absolute Gasteiger partial charge is 0.310 e. The van der Waals surface area contributed by atoms with Crippen molar-refractivity contribution in [1.29, 1.82) is 0 Å². The Kier molecular flexibility index (Phi) is 4.26. The number of carbonyl (C=O) groups excluding carboxylic acids is 1. The second kappa shape index (κ2) is 5.92. The van der Waals surface area contributed by atoms with Crippen molar-refractivity contribution in [2.75, 3.05) is 11.5 Å². The lowest BCUT2D eigenvalue weighted by Crippen LogP contribution is -2.38. The molecule has 102 valence electrons. The van der Waals surface area contributed by atoms with Crippen molar-refractivity contribution < 1.29 is 14.8 Å². The summed E-state index contributed by atoms with van der Waals surface area (Å²) < 4.78 is 0. The van der Waals surface area contributed by atoms with Crippen molar-refractivity contribution >= 4 is 23.4 Å². The maximum Gasteiger partial charge on any atom is 0.310 e. The van der Waals surface area contributed by atoms with Crippen molar-refractivity contribution in [2.24, 2.45) is 0 Å². The van der Waals surface area contributed by atoms with E-state index in [-0.39, 0.29) is 17.5 Å². The summed E-state index contributed by atoms with van der Waals surface area (Å²) in [5, 5.41) is 22.9. The molecule has 1 amide bonds. The Labute approximate surface area is 114 Å². The third-order valence-corrected chi connectivity index (χ3v) is 4.15. The molecular weight excluding hydrogens is 268 g/mol. The summed E-state index contributed by atoms with van der Waals surface area (Å²) in [7, 11) is 0. The zero-order chi connectivity index (χ0) is 13.8. The van der Waals surface area contributed by atoms with Gasteiger partial charge < -0.3 is 10.4 Å². The number of nitrogens with zero attached hydrogens (tertiary/aromatic N) is 1. The molecule has 1 aromatic rings. The van der Waals surface area contributed by atoms with Crippen molar-refractivity contribution in [1.82, 2.24) is 5.32 Å². The highest BCUT2D eigenvalue weighted by molar-refractivity contribution is 7.99. The lowest BCUT2D eigenvalue weighted by Gasteiger charge is -2.22. The summed E-state index contributed by atoms with van der Waals surface area (Å²) in [6.45, 7) is 0. The fourth-order valence-electron chi connectivity index (χ4n) is 1.94. The molecule has 0 radical (unpaired) electrons. The van der Waals surface area contributed by atoms with Crippen LogP contribution in [0.25, 0.3) is 0 Å². The number of hydrogen-bond donors (Lipinski definition) is 2. The van der Waals surface area contributed by atoms with Gasteiger partial charge in [0.2, 0.25) is 0 Å². The summed E-state index contributed by atoms with van der Waals surface area (Å²) >= 11 is 1.80. The van der Waals surface area contributed by atoms with Crippen molar-refractivity contribution in [3.63, 3.8) is 0 Å². The number of phenolic OH excluding ortho intramolecular Hbond substituents is 1. The van der Waals surface area contributed by atoms with Crippen molar-refractivity contribution in [3.05, 3.63) is 33.9 Å². The normalized spacial score (nSPS) is 18.8. The fourth-order valence-corrected chi connectivity index (χ4v) is 3.01. The number of nitro benzene ring substituents is 1. The van der Waals surface area contributed by atoms with E-state index < -0.39 is 16.4 Å². The van der Waals surface area contributed by atoms with Crippen molar-refractivity contribution in [3.8, 4) is 5.75 Å². The summed E-state index contributed by atoms with van der Waals surface area (Å²) in [6.07, 6.45) is 2.01. The predicted octanol–water partition coefficient (Wildman–Crippen LogP) is 1.93. The van der Waals surface area contributed by atoms with Crippen LogP contribution in [-0.4, -0.2) is 33.5 Å². The highest BCUT2D eigenvalue weighted by atomic mass is 32.2. The molecule has 1 saturated heterocycles. The number of amides is 1. The molecule has 2 N–H and O–H groups in total. The Morgan fingerprint density at radius 3 is 2.89 bits per heavy atom. The van der Waals surface area contributed by atoms with E-state index in [0.29, 0.717) is 0 Å². The summed E-state index contributed by atoms with van der Waals surface area (Å²) in [5.41, 5.74) is -0.163. The number of benzene rings is 1. The van der Waals surface area contributed by atoms with Gasteiger partial charge in [0.1, 0.15) is 0 Å². The minimum Gasteiger partial charge on any atom is -0.502 e. The first-order chi connectivity index (χ1) is 9.08. The molecule has 0 saturated carbocycles. The minimum absolute atomic E-state index is 0.128. The quantitative estimate of drug-likeness (QED) is 0.652. The Balaban J connectivity index is 2.06. The van der Waals surface area contributed by atoms with Crippen LogP contribution in [0.3, 0.4) is 0 Å².